The molecule has 5 rings (SSSR count). The number of fused-ring (bicyclic) bond motifs is 2. The van der Waals surface area contributed by atoms with Crippen LogP contribution in [0.2, 0.25) is 0 Å². The summed E-state index contributed by atoms with van der Waals surface area (Å²) in [6, 6.07) is 24.6. The number of benzene rings is 3. The highest BCUT2D eigenvalue weighted by Crippen LogP contribution is 2.29. The normalized spacial score (nSPS) is 11.0. The first-order valence-electron chi connectivity index (χ1n) is 8.79. The van der Waals surface area contributed by atoms with Crippen molar-refractivity contribution in [3.8, 4) is 11.3 Å². The van der Waals surface area contributed by atoms with E-state index in [1.165, 1.54) is 10.8 Å². The van der Waals surface area contributed by atoms with Crippen LogP contribution in [-0.4, -0.2) is 15.0 Å². The first-order chi connectivity index (χ1) is 13.4. The number of hydrogen-bond acceptors (Lipinski definition) is 4. The Morgan fingerprint density at radius 3 is 2.52 bits per heavy atom. The molecule has 27 heavy (non-hydrogen) atoms. The number of nitrogens with zero attached hydrogens (tertiary/aromatic N) is 3. The van der Waals surface area contributed by atoms with Gasteiger partial charge in [-0.2, -0.15) is 0 Å². The molecule has 4 heteroatoms. The minimum Gasteiger partial charge on any atom is -0.324 e. The number of nitrogens with one attached hydrogen (secondary N) is 1. The van der Waals surface area contributed by atoms with E-state index < -0.39 is 0 Å². The fourth-order valence-electron chi connectivity index (χ4n) is 3.37. The third kappa shape index (κ3) is 2.87. The van der Waals surface area contributed by atoms with Crippen molar-refractivity contribution in [1.29, 1.82) is 0 Å². The van der Waals surface area contributed by atoms with E-state index in [-0.39, 0.29) is 0 Å². The lowest BCUT2D eigenvalue weighted by atomic mass is 10.0. The number of aromatic nitrogens is 3. The van der Waals surface area contributed by atoms with Crippen molar-refractivity contribution in [3.63, 3.8) is 0 Å². The van der Waals surface area contributed by atoms with Gasteiger partial charge in [0.2, 0.25) is 5.95 Å². The number of pyridine rings is 1. The molecule has 0 atom stereocenters. The number of hydrogen-bond donors (Lipinski definition) is 1. The first kappa shape index (κ1) is 15.5. The highest BCUT2D eigenvalue weighted by molar-refractivity contribution is 5.96. The molecule has 0 amide bonds. The van der Waals surface area contributed by atoms with Crippen LogP contribution < -0.4 is 5.32 Å². The van der Waals surface area contributed by atoms with Crippen molar-refractivity contribution < 1.29 is 0 Å². The number of rotatable bonds is 3. The van der Waals surface area contributed by atoms with Gasteiger partial charge in [-0.05, 0) is 29.0 Å². The van der Waals surface area contributed by atoms with E-state index >= 15 is 0 Å². The Morgan fingerprint density at radius 2 is 1.52 bits per heavy atom. The van der Waals surface area contributed by atoms with E-state index in [1.807, 2.05) is 36.5 Å². The third-order valence-electron chi connectivity index (χ3n) is 4.65. The Kier molecular flexibility index (Phi) is 3.72. The first-order valence-corrected chi connectivity index (χ1v) is 8.79. The molecule has 0 fully saturated rings. The number of anilines is 2. The molecule has 0 bridgehead atoms. The largest absolute Gasteiger partial charge is 0.324 e. The molecular formula is C23H16N4. The van der Waals surface area contributed by atoms with Crippen LogP contribution in [0, 0.1) is 0 Å². The Bertz CT molecular complexity index is 1250. The Balaban J connectivity index is 1.58. The van der Waals surface area contributed by atoms with E-state index in [4.69, 9.17) is 4.98 Å². The summed E-state index contributed by atoms with van der Waals surface area (Å²) in [6.45, 7) is 0. The van der Waals surface area contributed by atoms with Crippen LogP contribution in [0.5, 0.6) is 0 Å². The van der Waals surface area contributed by atoms with Crippen LogP contribution in [-0.2, 0) is 0 Å². The molecule has 128 valence electrons. The summed E-state index contributed by atoms with van der Waals surface area (Å²) in [5.41, 5.74) is 2.96. The van der Waals surface area contributed by atoms with E-state index in [0.717, 1.165) is 27.7 Å². The molecule has 0 unspecified atom stereocenters. The van der Waals surface area contributed by atoms with Gasteiger partial charge in [-0.3, -0.25) is 4.98 Å². The predicted octanol–water partition coefficient (Wildman–Crippen LogP) is 5.59. The lowest BCUT2D eigenvalue weighted by Gasteiger charge is -2.10. The SMILES string of the molecule is c1cc(Nc2nccc(-c3cccc4ccccc34)n2)c2ccncc2c1. The van der Waals surface area contributed by atoms with Crippen molar-refractivity contribution in [3.05, 3.63) is 91.4 Å². The van der Waals surface area contributed by atoms with Crippen molar-refractivity contribution >= 4 is 33.2 Å². The second-order valence-electron chi connectivity index (χ2n) is 6.32. The van der Waals surface area contributed by atoms with Gasteiger partial charge < -0.3 is 5.32 Å². The van der Waals surface area contributed by atoms with Gasteiger partial charge in [0.05, 0.1) is 5.69 Å². The summed E-state index contributed by atoms with van der Waals surface area (Å²) in [4.78, 5) is 13.4. The van der Waals surface area contributed by atoms with Crippen LogP contribution in [0.15, 0.2) is 91.4 Å². The molecule has 0 saturated carbocycles. The van der Waals surface area contributed by atoms with Crippen LogP contribution in [0.4, 0.5) is 11.6 Å². The summed E-state index contributed by atoms with van der Waals surface area (Å²) in [7, 11) is 0. The van der Waals surface area contributed by atoms with Gasteiger partial charge >= 0.3 is 0 Å². The van der Waals surface area contributed by atoms with Gasteiger partial charge in [0, 0.05) is 40.6 Å². The van der Waals surface area contributed by atoms with Gasteiger partial charge in [-0.25, -0.2) is 9.97 Å². The molecular weight excluding hydrogens is 332 g/mol. The molecule has 5 aromatic rings. The second kappa shape index (κ2) is 6.50. The molecule has 3 aromatic carbocycles. The third-order valence-corrected chi connectivity index (χ3v) is 4.65. The van der Waals surface area contributed by atoms with Crippen molar-refractivity contribution in [1.82, 2.24) is 15.0 Å². The summed E-state index contributed by atoms with van der Waals surface area (Å²) in [5, 5.41) is 7.90. The van der Waals surface area contributed by atoms with E-state index in [1.54, 1.807) is 12.4 Å². The van der Waals surface area contributed by atoms with Gasteiger partial charge in [0.25, 0.3) is 0 Å². The highest BCUT2D eigenvalue weighted by Gasteiger charge is 2.08. The zero-order valence-electron chi connectivity index (χ0n) is 14.5. The van der Waals surface area contributed by atoms with Gasteiger partial charge in [-0.15, -0.1) is 0 Å². The molecule has 0 aliphatic carbocycles. The average Bonchev–Trinajstić information content (AvgIpc) is 2.74. The topological polar surface area (TPSA) is 50.7 Å². The minimum atomic E-state index is 0.574. The van der Waals surface area contributed by atoms with E-state index in [2.05, 4.69) is 57.7 Å². The summed E-state index contributed by atoms with van der Waals surface area (Å²) >= 11 is 0. The summed E-state index contributed by atoms with van der Waals surface area (Å²) in [6.07, 6.45) is 5.44. The van der Waals surface area contributed by atoms with Gasteiger partial charge in [0.1, 0.15) is 0 Å². The zero-order chi connectivity index (χ0) is 18.1. The lowest BCUT2D eigenvalue weighted by Crippen LogP contribution is -1.98. The maximum atomic E-state index is 4.76. The van der Waals surface area contributed by atoms with Crippen LogP contribution in [0.1, 0.15) is 0 Å². The molecule has 2 aromatic heterocycles. The highest BCUT2D eigenvalue weighted by atomic mass is 15.1. The molecule has 1 N–H and O–H groups in total. The molecule has 0 aliphatic rings. The lowest BCUT2D eigenvalue weighted by molar-refractivity contribution is 1.17. The van der Waals surface area contributed by atoms with Crippen molar-refractivity contribution in [2.24, 2.45) is 0 Å². The van der Waals surface area contributed by atoms with E-state index in [9.17, 15) is 0 Å². The Morgan fingerprint density at radius 1 is 0.667 bits per heavy atom. The van der Waals surface area contributed by atoms with Crippen LogP contribution in [0.3, 0.4) is 0 Å². The summed E-state index contributed by atoms with van der Waals surface area (Å²) in [5.74, 6) is 0.574. The van der Waals surface area contributed by atoms with E-state index in [0.29, 0.717) is 5.95 Å². The molecule has 0 radical (unpaired) electrons. The zero-order valence-corrected chi connectivity index (χ0v) is 14.5. The van der Waals surface area contributed by atoms with Gasteiger partial charge in [-0.1, -0.05) is 54.6 Å². The maximum Gasteiger partial charge on any atom is 0.227 e. The Labute approximate surface area is 156 Å². The molecule has 0 saturated heterocycles. The fourth-order valence-corrected chi connectivity index (χ4v) is 3.37. The Hall–Kier alpha value is -3.79. The quantitative estimate of drug-likeness (QED) is 0.462. The van der Waals surface area contributed by atoms with Crippen molar-refractivity contribution in [2.45, 2.75) is 0 Å². The predicted molar refractivity (Wildman–Crippen MR) is 110 cm³/mol. The second-order valence-corrected chi connectivity index (χ2v) is 6.32. The molecule has 0 aliphatic heterocycles. The fraction of sp³-hybridized carbons (Fsp3) is 0. The van der Waals surface area contributed by atoms with Crippen LogP contribution >= 0.6 is 0 Å². The summed E-state index contributed by atoms with van der Waals surface area (Å²) < 4.78 is 0. The van der Waals surface area contributed by atoms with Crippen molar-refractivity contribution in [2.75, 3.05) is 5.32 Å². The monoisotopic (exact) mass is 348 g/mol. The molecule has 4 nitrogen and oxygen atoms in total. The maximum absolute atomic E-state index is 4.76. The van der Waals surface area contributed by atoms with Gasteiger partial charge in [0.15, 0.2) is 0 Å². The minimum absolute atomic E-state index is 0.574. The average molecular weight is 348 g/mol. The molecule has 2 heterocycles. The van der Waals surface area contributed by atoms with Crippen LogP contribution in [0.25, 0.3) is 32.8 Å². The molecule has 0 spiro atoms. The smallest absolute Gasteiger partial charge is 0.227 e. The standard InChI is InChI=1S/C23H16N4/c1-2-8-18-16(5-1)6-3-9-20(18)22-12-14-25-23(27-22)26-21-10-4-7-17-15-24-13-11-19(17)21/h1-15H,(H,25,26,27).